The molecule has 0 fully saturated rings. The number of nitrogens with zero attached hydrogens (tertiary/aromatic N) is 7. The summed E-state index contributed by atoms with van der Waals surface area (Å²) in [5.41, 5.74) is 4.37. The smallest absolute Gasteiger partial charge is 0.241 e. The van der Waals surface area contributed by atoms with E-state index in [-0.39, 0.29) is 0 Å². The van der Waals surface area contributed by atoms with E-state index < -0.39 is 8.07 Å². The fourth-order valence-electron chi connectivity index (χ4n) is 8.64. The summed E-state index contributed by atoms with van der Waals surface area (Å²) >= 11 is 0. The van der Waals surface area contributed by atoms with E-state index >= 15 is 0 Å². The van der Waals surface area contributed by atoms with E-state index in [1.165, 1.54) is 20.7 Å². The van der Waals surface area contributed by atoms with E-state index in [1.807, 2.05) is 36.7 Å². The van der Waals surface area contributed by atoms with Gasteiger partial charge in [-0.05, 0) is 57.1 Å². The Bertz CT molecular complexity index is 2920. The molecule has 57 heavy (non-hydrogen) atoms. The van der Waals surface area contributed by atoms with Gasteiger partial charge in [-0.25, -0.2) is 9.97 Å². The third-order valence-corrected chi connectivity index (χ3v) is 15.8. The fraction of sp³-hybridized carbons (Fsp3) is 0. The largest absolute Gasteiger partial charge is 0.262 e. The molecule has 0 amide bonds. The summed E-state index contributed by atoms with van der Waals surface area (Å²) in [6, 6.07) is 66.5. The molecule has 11 rings (SSSR count). The molecule has 0 unspecified atom stereocenters. The van der Waals surface area contributed by atoms with Crippen LogP contribution >= 0.6 is 0 Å². The fourth-order valence-corrected chi connectivity index (χ4v) is 13.4. The number of hydrogen-bond acceptors (Lipinski definition) is 5. The van der Waals surface area contributed by atoms with Crippen LogP contribution in [-0.2, 0) is 0 Å². The Morgan fingerprint density at radius 3 is 1.26 bits per heavy atom. The van der Waals surface area contributed by atoms with E-state index in [4.69, 9.17) is 24.9 Å². The van der Waals surface area contributed by atoms with Crippen molar-refractivity contribution in [3.63, 3.8) is 0 Å². The second kappa shape index (κ2) is 13.3. The molecular weight excluding hydrogens is 715 g/mol. The van der Waals surface area contributed by atoms with Crippen molar-refractivity contribution >= 4 is 72.7 Å². The molecule has 5 heterocycles. The summed E-state index contributed by atoms with van der Waals surface area (Å²) in [6.07, 6.45) is 3.64. The summed E-state index contributed by atoms with van der Waals surface area (Å²) < 4.78 is 4.11. The molecule has 11 aromatic rings. The highest BCUT2D eigenvalue weighted by atomic mass is 28.3. The van der Waals surface area contributed by atoms with Crippen molar-refractivity contribution in [1.29, 1.82) is 0 Å². The number of para-hydroxylation sites is 2. The molecule has 0 N–H and O–H groups in total. The van der Waals surface area contributed by atoms with Crippen molar-refractivity contribution in [2.45, 2.75) is 0 Å². The maximum Gasteiger partial charge on any atom is 0.241 e. The molecule has 0 aliphatic heterocycles. The summed E-state index contributed by atoms with van der Waals surface area (Å²) in [7, 11) is -2.84. The van der Waals surface area contributed by atoms with E-state index in [1.54, 1.807) is 0 Å². The molecule has 0 atom stereocenters. The first kappa shape index (κ1) is 32.8. The molecule has 5 aromatic heterocycles. The van der Waals surface area contributed by atoms with Crippen LogP contribution in [0.2, 0.25) is 0 Å². The normalized spacial score (nSPS) is 11.9. The number of rotatable bonds is 7. The second-order valence-electron chi connectivity index (χ2n) is 14.1. The number of fused-ring (bicyclic) bond motifs is 6. The number of aromatic nitrogens is 7. The Morgan fingerprint density at radius 2 is 0.772 bits per heavy atom. The van der Waals surface area contributed by atoms with E-state index in [2.05, 4.69) is 173 Å². The zero-order chi connectivity index (χ0) is 37.8. The third kappa shape index (κ3) is 5.15. The lowest BCUT2D eigenvalue weighted by molar-refractivity contribution is 0.884. The minimum absolute atomic E-state index is 0.477. The first-order valence-electron chi connectivity index (χ1n) is 19.0. The van der Waals surface area contributed by atoms with E-state index in [0.717, 1.165) is 49.4 Å². The van der Waals surface area contributed by atoms with Crippen LogP contribution in [0.4, 0.5) is 0 Å². The number of hydrogen-bond donors (Lipinski definition) is 0. The lowest BCUT2D eigenvalue weighted by Crippen LogP contribution is -2.74. The minimum atomic E-state index is -2.84. The van der Waals surface area contributed by atoms with Crippen LogP contribution in [0.1, 0.15) is 0 Å². The molecule has 268 valence electrons. The van der Waals surface area contributed by atoms with Gasteiger partial charge in [-0.15, -0.1) is 0 Å². The van der Waals surface area contributed by atoms with Gasteiger partial charge in [0.15, 0.2) is 13.9 Å². The average Bonchev–Trinajstić information content (AvgIpc) is 3.81. The predicted molar refractivity (Wildman–Crippen MR) is 233 cm³/mol. The van der Waals surface area contributed by atoms with Gasteiger partial charge in [0.2, 0.25) is 11.9 Å². The van der Waals surface area contributed by atoms with Gasteiger partial charge in [-0.3, -0.25) is 9.13 Å². The van der Waals surface area contributed by atoms with Crippen LogP contribution in [0.15, 0.2) is 200 Å². The van der Waals surface area contributed by atoms with Crippen LogP contribution < -0.4 is 20.7 Å². The monoisotopic (exact) mass is 747 g/mol. The molecule has 0 radical (unpaired) electrons. The molecular formula is C49H33N7Si. The first-order chi connectivity index (χ1) is 28.3. The lowest BCUT2D eigenvalue weighted by Gasteiger charge is -2.34. The van der Waals surface area contributed by atoms with Crippen LogP contribution in [0, 0.1) is 0 Å². The SMILES string of the molecule is c1ccc([Si](c2ccccc2)(c2ccccc2)c2cccc(-c3nc(-n4c5ccccc5c5cccnc54)nc(-n4c5ccccc5c5cccnc54)n3)c2)cc1. The van der Waals surface area contributed by atoms with Gasteiger partial charge in [0.1, 0.15) is 11.3 Å². The van der Waals surface area contributed by atoms with Crippen molar-refractivity contribution in [2.75, 3.05) is 0 Å². The Labute approximate surface area is 329 Å². The van der Waals surface area contributed by atoms with Crippen LogP contribution in [0.5, 0.6) is 0 Å². The maximum atomic E-state index is 5.34. The van der Waals surface area contributed by atoms with E-state index in [9.17, 15) is 0 Å². The Balaban J connectivity index is 1.22. The highest BCUT2D eigenvalue weighted by Crippen LogP contribution is 2.33. The van der Waals surface area contributed by atoms with E-state index in [0.29, 0.717) is 17.7 Å². The van der Waals surface area contributed by atoms with Gasteiger partial charge in [0, 0.05) is 39.5 Å². The predicted octanol–water partition coefficient (Wildman–Crippen LogP) is 7.90. The Hall–Kier alpha value is -7.55. The average molecular weight is 748 g/mol. The lowest BCUT2D eigenvalue weighted by atomic mass is 10.2. The highest BCUT2D eigenvalue weighted by molar-refractivity contribution is 7.19. The maximum absolute atomic E-state index is 5.34. The number of pyridine rings is 2. The van der Waals surface area contributed by atoms with Crippen LogP contribution in [0.25, 0.3) is 67.2 Å². The first-order valence-corrected chi connectivity index (χ1v) is 21.0. The molecule has 0 saturated carbocycles. The topological polar surface area (TPSA) is 74.3 Å². The standard InChI is InChI=1S/C49H33N7Si/c1-4-18-35(19-5-1)57(36-20-6-2-7-21-36,37-22-8-3-9-23-37)38-24-14-17-34(33-38)45-52-48(55-43-29-12-10-25-39(43)41-27-15-31-50-46(41)55)54-49(53-45)56-44-30-13-11-26-40(44)42-28-16-32-51-47(42)56/h1-33H. The van der Waals surface area contributed by atoms with Crippen molar-refractivity contribution in [1.82, 2.24) is 34.1 Å². The quantitative estimate of drug-likeness (QED) is 0.123. The zero-order valence-corrected chi connectivity index (χ0v) is 31.7. The van der Waals surface area contributed by atoms with Crippen LogP contribution in [-0.4, -0.2) is 42.1 Å². The summed E-state index contributed by atoms with van der Waals surface area (Å²) in [5.74, 6) is 1.51. The van der Waals surface area contributed by atoms with Gasteiger partial charge in [0.05, 0.1) is 11.0 Å². The van der Waals surface area contributed by atoms with Crippen molar-refractivity contribution < 1.29 is 0 Å². The number of benzene rings is 6. The zero-order valence-electron chi connectivity index (χ0n) is 30.7. The molecule has 0 bridgehead atoms. The molecule has 0 saturated heterocycles. The van der Waals surface area contributed by atoms with Gasteiger partial charge in [0.25, 0.3) is 0 Å². The highest BCUT2D eigenvalue weighted by Gasteiger charge is 2.41. The van der Waals surface area contributed by atoms with Gasteiger partial charge in [-0.1, -0.05) is 152 Å². The molecule has 0 aliphatic carbocycles. The molecule has 7 nitrogen and oxygen atoms in total. The molecule has 0 aliphatic rings. The van der Waals surface area contributed by atoms with Crippen molar-refractivity contribution in [3.05, 3.63) is 200 Å². The molecule has 0 spiro atoms. The van der Waals surface area contributed by atoms with Gasteiger partial charge in [-0.2, -0.15) is 15.0 Å². The minimum Gasteiger partial charge on any atom is -0.262 e. The van der Waals surface area contributed by atoms with Crippen LogP contribution in [0.3, 0.4) is 0 Å². The van der Waals surface area contributed by atoms with Crippen molar-refractivity contribution in [3.8, 4) is 23.3 Å². The molecule has 8 heteroatoms. The summed E-state index contributed by atoms with van der Waals surface area (Å²) in [5, 5.41) is 9.33. The van der Waals surface area contributed by atoms with Gasteiger partial charge >= 0.3 is 0 Å². The summed E-state index contributed by atoms with van der Waals surface area (Å²) in [6.45, 7) is 0. The second-order valence-corrected chi connectivity index (χ2v) is 18.0. The summed E-state index contributed by atoms with van der Waals surface area (Å²) in [4.78, 5) is 25.7. The Morgan fingerprint density at radius 1 is 0.351 bits per heavy atom. The molecule has 6 aromatic carbocycles. The van der Waals surface area contributed by atoms with Gasteiger partial charge < -0.3 is 0 Å². The third-order valence-electron chi connectivity index (χ3n) is 11.1. The Kier molecular flexibility index (Phi) is 7.68. The van der Waals surface area contributed by atoms with Crippen molar-refractivity contribution in [2.24, 2.45) is 0 Å².